The molecule has 0 unspecified atom stereocenters. The van der Waals surface area contributed by atoms with Gasteiger partial charge in [-0.3, -0.25) is 14.5 Å². The Bertz CT molecular complexity index is 418. The van der Waals surface area contributed by atoms with E-state index >= 15 is 0 Å². The fourth-order valence-corrected chi connectivity index (χ4v) is 3.23. The molecule has 0 saturated carbocycles. The number of nitrogens with zero attached hydrogens (tertiary/aromatic N) is 4. The van der Waals surface area contributed by atoms with Crippen LogP contribution in [0.15, 0.2) is 6.07 Å². The number of rotatable bonds is 3. The summed E-state index contributed by atoms with van der Waals surface area (Å²) in [7, 11) is 0. The Hall–Kier alpha value is -0.870. The first-order valence-corrected chi connectivity index (χ1v) is 7.74. The summed E-state index contributed by atoms with van der Waals surface area (Å²) in [6.07, 6.45) is 3.93. The third-order valence-corrected chi connectivity index (χ3v) is 4.41. The van der Waals surface area contributed by atoms with Crippen LogP contribution in [0.4, 0.5) is 0 Å². The molecule has 1 fully saturated rings. The number of likely N-dealkylation sites (tertiary alicyclic amines) is 1. The predicted molar refractivity (Wildman–Crippen MR) is 76.9 cm³/mol. The van der Waals surface area contributed by atoms with Gasteiger partial charge in [0.15, 0.2) is 0 Å². The molecule has 4 heteroatoms. The van der Waals surface area contributed by atoms with Crippen LogP contribution in [0.2, 0.25) is 0 Å². The SMILES string of the molecule is CC(C)N1CCCn2nc(CN3CCCC3)cc2C1. The molecule has 19 heavy (non-hydrogen) atoms. The molecule has 2 aliphatic rings. The zero-order valence-electron chi connectivity index (χ0n) is 12.3. The first-order valence-electron chi connectivity index (χ1n) is 7.74. The highest BCUT2D eigenvalue weighted by Gasteiger charge is 2.20. The molecule has 0 spiro atoms. The third-order valence-electron chi connectivity index (χ3n) is 4.41. The molecule has 2 aliphatic heterocycles. The highest BCUT2D eigenvalue weighted by Crippen LogP contribution is 2.18. The second-order valence-corrected chi connectivity index (χ2v) is 6.25. The smallest absolute Gasteiger partial charge is 0.0768 e. The zero-order chi connectivity index (χ0) is 13.2. The van der Waals surface area contributed by atoms with Crippen molar-refractivity contribution in [2.24, 2.45) is 0 Å². The van der Waals surface area contributed by atoms with Crippen molar-refractivity contribution in [3.8, 4) is 0 Å². The summed E-state index contributed by atoms with van der Waals surface area (Å²) in [5, 5.41) is 4.82. The van der Waals surface area contributed by atoms with Gasteiger partial charge in [0.05, 0.1) is 11.4 Å². The molecule has 1 saturated heterocycles. The van der Waals surface area contributed by atoms with Crippen molar-refractivity contribution in [3.05, 3.63) is 17.5 Å². The fourth-order valence-electron chi connectivity index (χ4n) is 3.23. The summed E-state index contributed by atoms with van der Waals surface area (Å²) < 4.78 is 2.24. The van der Waals surface area contributed by atoms with Crippen molar-refractivity contribution in [2.45, 2.75) is 58.8 Å². The van der Waals surface area contributed by atoms with Gasteiger partial charge in [0.25, 0.3) is 0 Å². The maximum Gasteiger partial charge on any atom is 0.0768 e. The molecule has 0 aromatic carbocycles. The molecule has 0 aliphatic carbocycles. The summed E-state index contributed by atoms with van der Waals surface area (Å²) in [4.78, 5) is 5.09. The highest BCUT2D eigenvalue weighted by molar-refractivity contribution is 5.11. The molecular formula is C15H26N4. The number of fused-ring (bicyclic) bond motifs is 1. The van der Waals surface area contributed by atoms with Crippen LogP contribution in [0.5, 0.6) is 0 Å². The normalized spacial score (nSPS) is 21.8. The van der Waals surface area contributed by atoms with E-state index in [1.807, 2.05) is 0 Å². The second-order valence-electron chi connectivity index (χ2n) is 6.25. The quantitative estimate of drug-likeness (QED) is 0.833. The fraction of sp³-hybridized carbons (Fsp3) is 0.800. The lowest BCUT2D eigenvalue weighted by atomic mass is 10.2. The predicted octanol–water partition coefficient (Wildman–Crippen LogP) is 2.09. The van der Waals surface area contributed by atoms with Crippen molar-refractivity contribution in [1.82, 2.24) is 19.6 Å². The van der Waals surface area contributed by atoms with Crippen LogP contribution < -0.4 is 0 Å². The molecule has 0 bridgehead atoms. The second kappa shape index (κ2) is 5.63. The lowest BCUT2D eigenvalue weighted by Gasteiger charge is -2.23. The average Bonchev–Trinajstić information content (AvgIpc) is 2.95. The first kappa shape index (κ1) is 13.1. The van der Waals surface area contributed by atoms with E-state index in [4.69, 9.17) is 5.10 Å². The van der Waals surface area contributed by atoms with Gasteiger partial charge in [-0.25, -0.2) is 0 Å². The summed E-state index contributed by atoms with van der Waals surface area (Å²) >= 11 is 0. The molecule has 3 rings (SSSR count). The molecule has 3 heterocycles. The highest BCUT2D eigenvalue weighted by atomic mass is 15.3. The van der Waals surface area contributed by atoms with Crippen molar-refractivity contribution in [3.63, 3.8) is 0 Å². The van der Waals surface area contributed by atoms with Crippen LogP contribution in [0.1, 0.15) is 44.5 Å². The monoisotopic (exact) mass is 262 g/mol. The molecule has 4 nitrogen and oxygen atoms in total. The third kappa shape index (κ3) is 3.00. The van der Waals surface area contributed by atoms with E-state index in [9.17, 15) is 0 Å². The summed E-state index contributed by atoms with van der Waals surface area (Å²) in [6, 6.07) is 2.96. The van der Waals surface area contributed by atoms with Crippen molar-refractivity contribution < 1.29 is 0 Å². The van der Waals surface area contributed by atoms with Crippen LogP contribution in [0.3, 0.4) is 0 Å². The molecule has 0 amide bonds. The minimum Gasteiger partial charge on any atom is -0.297 e. The Morgan fingerprint density at radius 1 is 1.11 bits per heavy atom. The van der Waals surface area contributed by atoms with Gasteiger partial charge in [-0.05, 0) is 52.3 Å². The number of hydrogen-bond donors (Lipinski definition) is 0. The lowest BCUT2D eigenvalue weighted by molar-refractivity contribution is 0.216. The van der Waals surface area contributed by atoms with E-state index in [1.165, 1.54) is 50.3 Å². The molecule has 106 valence electrons. The topological polar surface area (TPSA) is 24.3 Å². The van der Waals surface area contributed by atoms with Crippen LogP contribution in [-0.2, 0) is 19.6 Å². The van der Waals surface area contributed by atoms with Crippen molar-refractivity contribution in [2.75, 3.05) is 19.6 Å². The first-order chi connectivity index (χ1) is 9.22. The molecule has 0 atom stereocenters. The Morgan fingerprint density at radius 2 is 1.89 bits per heavy atom. The van der Waals surface area contributed by atoms with Gasteiger partial charge in [-0.15, -0.1) is 0 Å². The minimum absolute atomic E-state index is 0.628. The van der Waals surface area contributed by atoms with Gasteiger partial charge >= 0.3 is 0 Å². The standard InChI is InChI=1S/C15H26N4/c1-13(2)18-8-5-9-19-15(12-18)10-14(16-19)11-17-6-3-4-7-17/h10,13H,3-9,11-12H2,1-2H3. The van der Waals surface area contributed by atoms with E-state index in [-0.39, 0.29) is 0 Å². The Morgan fingerprint density at radius 3 is 2.63 bits per heavy atom. The zero-order valence-corrected chi connectivity index (χ0v) is 12.3. The molecule has 0 radical (unpaired) electrons. The summed E-state index contributed by atoms with van der Waals surface area (Å²) in [6.45, 7) is 11.5. The van der Waals surface area contributed by atoms with Crippen LogP contribution in [0.25, 0.3) is 0 Å². The van der Waals surface area contributed by atoms with Gasteiger partial charge in [0, 0.05) is 32.2 Å². The van der Waals surface area contributed by atoms with E-state index < -0.39 is 0 Å². The molecule has 1 aromatic heterocycles. The Kier molecular flexibility index (Phi) is 3.89. The number of aromatic nitrogens is 2. The number of hydrogen-bond acceptors (Lipinski definition) is 3. The maximum absolute atomic E-state index is 4.82. The van der Waals surface area contributed by atoms with Gasteiger partial charge in [-0.1, -0.05) is 0 Å². The molecule has 1 aromatic rings. The van der Waals surface area contributed by atoms with E-state index in [1.54, 1.807) is 0 Å². The van der Waals surface area contributed by atoms with E-state index in [0.29, 0.717) is 6.04 Å². The van der Waals surface area contributed by atoms with E-state index in [2.05, 4.69) is 34.4 Å². The summed E-state index contributed by atoms with van der Waals surface area (Å²) in [5.41, 5.74) is 2.67. The minimum atomic E-state index is 0.628. The van der Waals surface area contributed by atoms with Gasteiger partial charge in [0.1, 0.15) is 0 Å². The van der Waals surface area contributed by atoms with Gasteiger partial charge < -0.3 is 0 Å². The van der Waals surface area contributed by atoms with Crippen molar-refractivity contribution in [1.29, 1.82) is 0 Å². The average molecular weight is 262 g/mol. The maximum atomic E-state index is 4.82. The number of aryl methyl sites for hydroxylation is 1. The van der Waals surface area contributed by atoms with E-state index in [0.717, 1.165) is 19.6 Å². The van der Waals surface area contributed by atoms with Gasteiger partial charge in [-0.2, -0.15) is 5.10 Å². The van der Waals surface area contributed by atoms with Crippen LogP contribution >= 0.6 is 0 Å². The Labute approximate surface area is 116 Å². The molecular weight excluding hydrogens is 236 g/mol. The van der Waals surface area contributed by atoms with Crippen LogP contribution in [-0.4, -0.2) is 45.3 Å². The van der Waals surface area contributed by atoms with Gasteiger partial charge in [0.2, 0.25) is 0 Å². The van der Waals surface area contributed by atoms with Crippen molar-refractivity contribution >= 4 is 0 Å². The Balaban J connectivity index is 1.71. The lowest BCUT2D eigenvalue weighted by Crippen LogP contribution is -2.30. The molecule has 0 N–H and O–H groups in total. The summed E-state index contributed by atoms with van der Waals surface area (Å²) in [5.74, 6) is 0. The van der Waals surface area contributed by atoms with Crippen LogP contribution in [0, 0.1) is 0 Å². The largest absolute Gasteiger partial charge is 0.297 e.